The summed E-state index contributed by atoms with van der Waals surface area (Å²) in [4.78, 5) is 36.8. The molecular formula is C14H15N5O3. The van der Waals surface area contributed by atoms with Crippen molar-refractivity contribution in [3.05, 3.63) is 50.5 Å². The van der Waals surface area contributed by atoms with Crippen molar-refractivity contribution in [3.8, 4) is 0 Å². The number of aromatic nitrogens is 3. The summed E-state index contributed by atoms with van der Waals surface area (Å²) in [5.74, 6) is -0.381. The molecule has 0 unspecified atom stereocenters. The molecule has 114 valence electrons. The average Bonchev–Trinajstić information content (AvgIpc) is 2.88. The highest BCUT2D eigenvalue weighted by Crippen LogP contribution is 2.26. The number of fused-ring (bicyclic) bond motifs is 1. The molecule has 0 saturated heterocycles. The first-order valence-corrected chi connectivity index (χ1v) is 6.82. The van der Waals surface area contributed by atoms with Crippen LogP contribution < -0.4 is 21.8 Å². The van der Waals surface area contributed by atoms with E-state index in [0.717, 1.165) is 15.9 Å². The maximum atomic E-state index is 12.1. The largest absolute Gasteiger partial charge is 0.368 e. The van der Waals surface area contributed by atoms with Crippen LogP contribution in [0.4, 0.5) is 11.6 Å². The van der Waals surface area contributed by atoms with Gasteiger partial charge in [0.25, 0.3) is 0 Å². The van der Waals surface area contributed by atoms with Crippen molar-refractivity contribution in [2.45, 2.75) is 20.0 Å². The minimum atomic E-state index is -0.840. The van der Waals surface area contributed by atoms with E-state index >= 15 is 0 Å². The fraction of sp³-hybridized carbons (Fsp3) is 0.286. The van der Waals surface area contributed by atoms with Gasteiger partial charge in [0.2, 0.25) is 11.9 Å². The van der Waals surface area contributed by atoms with Gasteiger partial charge in [0.15, 0.2) is 0 Å². The second-order valence-corrected chi connectivity index (χ2v) is 5.17. The fourth-order valence-corrected chi connectivity index (χ4v) is 2.45. The number of primary amides is 1. The quantitative estimate of drug-likeness (QED) is 0.759. The van der Waals surface area contributed by atoms with Gasteiger partial charge in [-0.3, -0.25) is 19.0 Å². The highest BCUT2D eigenvalue weighted by Gasteiger charge is 2.26. The highest BCUT2D eigenvalue weighted by molar-refractivity contribution is 5.73. The molecule has 0 spiro atoms. The molecule has 2 aromatic rings. The van der Waals surface area contributed by atoms with Crippen molar-refractivity contribution in [2.75, 3.05) is 11.4 Å². The first-order valence-electron chi connectivity index (χ1n) is 6.82. The van der Waals surface area contributed by atoms with Crippen LogP contribution in [0.25, 0.3) is 0 Å². The van der Waals surface area contributed by atoms with Crippen molar-refractivity contribution in [2.24, 2.45) is 5.73 Å². The number of carbonyl (C=O) groups is 1. The summed E-state index contributed by atoms with van der Waals surface area (Å²) in [5, 5.41) is 4.13. The Morgan fingerprint density at radius 3 is 2.50 bits per heavy atom. The van der Waals surface area contributed by atoms with E-state index in [1.54, 1.807) is 0 Å². The van der Waals surface area contributed by atoms with Crippen LogP contribution >= 0.6 is 0 Å². The predicted octanol–water partition coefficient (Wildman–Crippen LogP) is -0.650. The summed E-state index contributed by atoms with van der Waals surface area (Å²) < 4.78 is 2.14. The van der Waals surface area contributed by atoms with Gasteiger partial charge in [0.1, 0.15) is 6.54 Å². The SMILES string of the molecule is Cc1ccc(N2CCn3c2nn(CC(N)=O)c(=O)c3=O)cc1. The Balaban J connectivity index is 2.11. The minimum absolute atomic E-state index is 0.342. The lowest BCUT2D eigenvalue weighted by molar-refractivity contribution is -0.118. The van der Waals surface area contributed by atoms with Gasteiger partial charge in [-0.05, 0) is 19.1 Å². The van der Waals surface area contributed by atoms with Crippen LogP contribution in [0.15, 0.2) is 33.9 Å². The summed E-state index contributed by atoms with van der Waals surface area (Å²) in [7, 11) is 0. The topological polar surface area (TPSA) is 103 Å². The first-order chi connectivity index (χ1) is 10.5. The van der Waals surface area contributed by atoms with Crippen LogP contribution in [-0.2, 0) is 17.9 Å². The fourth-order valence-electron chi connectivity index (χ4n) is 2.45. The molecule has 1 aliphatic rings. The number of aryl methyl sites for hydroxylation is 1. The van der Waals surface area contributed by atoms with Gasteiger partial charge in [-0.25, -0.2) is 4.68 Å². The van der Waals surface area contributed by atoms with Gasteiger partial charge in [-0.2, -0.15) is 0 Å². The summed E-state index contributed by atoms with van der Waals surface area (Å²) in [6, 6.07) is 7.74. The summed E-state index contributed by atoms with van der Waals surface area (Å²) in [5.41, 5.74) is 5.54. The molecule has 0 fully saturated rings. The molecule has 8 heteroatoms. The van der Waals surface area contributed by atoms with Crippen molar-refractivity contribution in [3.63, 3.8) is 0 Å². The number of hydrogen-bond acceptors (Lipinski definition) is 5. The Labute approximate surface area is 125 Å². The van der Waals surface area contributed by atoms with Crippen LogP contribution in [0.3, 0.4) is 0 Å². The molecule has 1 aromatic carbocycles. The Morgan fingerprint density at radius 2 is 1.86 bits per heavy atom. The summed E-state index contributed by atoms with van der Waals surface area (Å²) in [6.07, 6.45) is 0. The van der Waals surface area contributed by atoms with Gasteiger partial charge < -0.3 is 10.6 Å². The molecule has 0 bridgehead atoms. The van der Waals surface area contributed by atoms with Gasteiger partial charge in [-0.1, -0.05) is 17.7 Å². The normalized spacial score (nSPS) is 13.2. The third-order valence-electron chi connectivity index (χ3n) is 3.55. The van der Waals surface area contributed by atoms with Crippen molar-refractivity contribution < 1.29 is 4.79 Å². The minimum Gasteiger partial charge on any atom is -0.368 e. The third kappa shape index (κ3) is 2.28. The second-order valence-electron chi connectivity index (χ2n) is 5.17. The maximum absolute atomic E-state index is 12.1. The van der Waals surface area contributed by atoms with Crippen LogP contribution in [0.5, 0.6) is 0 Å². The number of carbonyl (C=O) groups excluding carboxylic acids is 1. The van der Waals surface area contributed by atoms with E-state index in [2.05, 4.69) is 5.10 Å². The second kappa shape index (κ2) is 5.14. The number of benzene rings is 1. The monoisotopic (exact) mass is 301 g/mol. The number of nitrogens with zero attached hydrogens (tertiary/aromatic N) is 4. The first kappa shape index (κ1) is 14.1. The number of rotatable bonds is 3. The Hall–Kier alpha value is -2.90. The molecule has 8 nitrogen and oxygen atoms in total. The molecule has 2 heterocycles. The molecule has 0 radical (unpaired) electrons. The molecule has 22 heavy (non-hydrogen) atoms. The van der Waals surface area contributed by atoms with Crippen LogP contribution in [-0.4, -0.2) is 26.8 Å². The molecule has 1 amide bonds. The van der Waals surface area contributed by atoms with Crippen LogP contribution in [0, 0.1) is 6.92 Å². The van der Waals surface area contributed by atoms with Crippen molar-refractivity contribution in [1.82, 2.24) is 14.3 Å². The van der Waals surface area contributed by atoms with E-state index in [1.807, 2.05) is 36.1 Å². The lowest BCUT2D eigenvalue weighted by atomic mass is 10.2. The molecule has 1 aromatic heterocycles. The zero-order valence-electron chi connectivity index (χ0n) is 12.0. The lowest BCUT2D eigenvalue weighted by Gasteiger charge is -2.17. The van der Waals surface area contributed by atoms with Crippen molar-refractivity contribution in [1.29, 1.82) is 0 Å². The van der Waals surface area contributed by atoms with E-state index in [0.29, 0.717) is 19.0 Å². The molecule has 0 atom stereocenters. The highest BCUT2D eigenvalue weighted by atomic mass is 16.2. The Kier molecular flexibility index (Phi) is 3.28. The smallest absolute Gasteiger partial charge is 0.333 e. The average molecular weight is 301 g/mol. The van der Waals surface area contributed by atoms with E-state index in [1.165, 1.54) is 4.57 Å². The van der Waals surface area contributed by atoms with E-state index < -0.39 is 23.6 Å². The van der Waals surface area contributed by atoms with E-state index in [9.17, 15) is 14.4 Å². The predicted molar refractivity (Wildman–Crippen MR) is 80.1 cm³/mol. The van der Waals surface area contributed by atoms with E-state index in [-0.39, 0.29) is 0 Å². The molecule has 3 rings (SSSR count). The van der Waals surface area contributed by atoms with Gasteiger partial charge in [-0.15, -0.1) is 5.10 Å². The Morgan fingerprint density at radius 1 is 1.18 bits per heavy atom. The third-order valence-corrected chi connectivity index (χ3v) is 3.55. The Bertz CT molecular complexity index is 850. The molecular weight excluding hydrogens is 286 g/mol. The summed E-state index contributed by atoms with van der Waals surface area (Å²) >= 11 is 0. The summed E-state index contributed by atoms with van der Waals surface area (Å²) in [6.45, 7) is 2.48. The van der Waals surface area contributed by atoms with Crippen molar-refractivity contribution >= 4 is 17.5 Å². The molecule has 0 aliphatic carbocycles. The zero-order chi connectivity index (χ0) is 15.9. The van der Waals surface area contributed by atoms with Gasteiger partial charge in [0, 0.05) is 18.8 Å². The zero-order valence-corrected chi connectivity index (χ0v) is 12.0. The maximum Gasteiger partial charge on any atom is 0.333 e. The molecule has 1 aliphatic heterocycles. The van der Waals surface area contributed by atoms with Gasteiger partial charge >= 0.3 is 11.1 Å². The molecule has 2 N–H and O–H groups in total. The lowest BCUT2D eigenvalue weighted by Crippen LogP contribution is -2.44. The number of amides is 1. The van der Waals surface area contributed by atoms with Gasteiger partial charge in [0.05, 0.1) is 0 Å². The standard InChI is InChI=1S/C14H15N5O3/c1-9-2-4-10(5-3-9)17-6-7-18-12(21)13(22)19(8-11(15)20)16-14(17)18/h2-5H,6-8H2,1H3,(H2,15,20). The van der Waals surface area contributed by atoms with E-state index in [4.69, 9.17) is 5.73 Å². The number of hydrogen-bond donors (Lipinski definition) is 1. The van der Waals surface area contributed by atoms with Crippen LogP contribution in [0.2, 0.25) is 0 Å². The van der Waals surface area contributed by atoms with Crippen LogP contribution in [0.1, 0.15) is 5.56 Å². The molecule has 0 saturated carbocycles. The number of nitrogens with two attached hydrogens (primary N) is 1. The number of anilines is 2.